The first-order valence-electron chi connectivity index (χ1n) is 6.22. The Morgan fingerprint density at radius 1 is 1.45 bits per heavy atom. The molecule has 1 aliphatic heterocycles. The minimum atomic E-state index is -4.48. The van der Waals surface area contributed by atoms with Crippen molar-refractivity contribution in [1.82, 2.24) is 0 Å². The van der Waals surface area contributed by atoms with E-state index in [1.54, 1.807) is 6.07 Å². The summed E-state index contributed by atoms with van der Waals surface area (Å²) in [6.07, 6.45) is -3.73. The zero-order valence-corrected chi connectivity index (χ0v) is 12.4. The first-order chi connectivity index (χ1) is 9.77. The molecule has 0 saturated carbocycles. The van der Waals surface area contributed by atoms with Crippen molar-refractivity contribution >= 4 is 72.8 Å². The molecule has 1 aromatic rings. The molecule has 2 rings (SSSR count). The average Bonchev–Trinajstić information content (AvgIpc) is 2.84. The molecule has 0 bridgehead atoms. The SMILES string of the molecule is O=C(O)CSC1CCN(c2ccc(Cl)c(C(F)(F)F)c2)C1.[CaH2]. The van der Waals surface area contributed by atoms with Gasteiger partial charge in [0.05, 0.1) is 16.3 Å². The number of thioether (sulfide) groups is 1. The van der Waals surface area contributed by atoms with Crippen molar-refractivity contribution in [3.63, 3.8) is 0 Å². The normalized spacial score (nSPS) is 18.2. The van der Waals surface area contributed by atoms with Crippen LogP contribution in [0.1, 0.15) is 12.0 Å². The average molecular weight is 382 g/mol. The summed E-state index contributed by atoms with van der Waals surface area (Å²) < 4.78 is 38.5. The van der Waals surface area contributed by atoms with Crippen LogP contribution < -0.4 is 4.90 Å². The Balaban J connectivity index is 0.00000242. The Morgan fingerprint density at radius 3 is 2.73 bits per heavy atom. The summed E-state index contributed by atoms with van der Waals surface area (Å²) >= 11 is 6.91. The number of hydrogen-bond acceptors (Lipinski definition) is 3. The molecule has 0 spiro atoms. The molecule has 1 N–H and O–H groups in total. The van der Waals surface area contributed by atoms with Crippen molar-refractivity contribution in [2.75, 3.05) is 23.7 Å². The van der Waals surface area contributed by atoms with Crippen LogP contribution in [-0.4, -0.2) is 72.9 Å². The van der Waals surface area contributed by atoms with Crippen molar-refractivity contribution in [1.29, 1.82) is 0 Å². The number of alkyl halides is 3. The van der Waals surface area contributed by atoms with Crippen LogP contribution in [0.3, 0.4) is 0 Å². The van der Waals surface area contributed by atoms with Gasteiger partial charge in [0.1, 0.15) is 0 Å². The Morgan fingerprint density at radius 2 is 2.14 bits per heavy atom. The fourth-order valence-electron chi connectivity index (χ4n) is 2.22. The second kappa shape index (κ2) is 8.33. The van der Waals surface area contributed by atoms with E-state index in [1.165, 1.54) is 17.8 Å². The number of nitrogens with zero attached hydrogens (tertiary/aromatic N) is 1. The van der Waals surface area contributed by atoms with E-state index in [1.807, 2.05) is 4.90 Å². The maximum absolute atomic E-state index is 12.8. The summed E-state index contributed by atoms with van der Waals surface area (Å²) in [4.78, 5) is 12.4. The van der Waals surface area contributed by atoms with Gasteiger partial charge in [-0.1, -0.05) is 11.6 Å². The van der Waals surface area contributed by atoms with Crippen LogP contribution in [0.2, 0.25) is 5.02 Å². The Labute approximate surface area is 165 Å². The van der Waals surface area contributed by atoms with Crippen LogP contribution in [0.4, 0.5) is 18.9 Å². The van der Waals surface area contributed by atoms with E-state index in [0.717, 1.165) is 12.5 Å². The molecule has 1 fully saturated rings. The van der Waals surface area contributed by atoms with Gasteiger partial charge in [-0.3, -0.25) is 4.79 Å². The molecule has 9 heteroatoms. The van der Waals surface area contributed by atoms with E-state index in [0.29, 0.717) is 18.8 Å². The summed E-state index contributed by atoms with van der Waals surface area (Å²) in [6, 6.07) is 3.85. The van der Waals surface area contributed by atoms with Gasteiger partial charge in [0.25, 0.3) is 0 Å². The van der Waals surface area contributed by atoms with Crippen molar-refractivity contribution in [2.24, 2.45) is 0 Å². The quantitative estimate of drug-likeness (QED) is 0.814. The minimum absolute atomic E-state index is 0. The summed E-state index contributed by atoms with van der Waals surface area (Å²) in [5.41, 5.74) is -0.381. The number of hydrogen-bond donors (Lipinski definition) is 1. The molecule has 1 saturated heterocycles. The monoisotopic (exact) mass is 381 g/mol. The van der Waals surface area contributed by atoms with E-state index < -0.39 is 17.7 Å². The topological polar surface area (TPSA) is 40.5 Å². The molecular weight excluding hydrogens is 367 g/mol. The van der Waals surface area contributed by atoms with Crippen LogP contribution in [0, 0.1) is 0 Å². The molecule has 1 heterocycles. The molecular formula is C13H15CaClF3NO2S. The number of halogens is 4. The van der Waals surface area contributed by atoms with Crippen molar-refractivity contribution < 1.29 is 23.1 Å². The predicted octanol–water partition coefficient (Wildman–Crippen LogP) is 2.84. The van der Waals surface area contributed by atoms with Gasteiger partial charge in [-0.25, -0.2) is 0 Å². The molecule has 1 aromatic carbocycles. The summed E-state index contributed by atoms with van der Waals surface area (Å²) in [5.74, 6) is -0.878. The maximum atomic E-state index is 12.8. The van der Waals surface area contributed by atoms with Gasteiger partial charge in [0.15, 0.2) is 0 Å². The Hall–Kier alpha value is 0.180. The van der Waals surface area contributed by atoms with Crippen molar-refractivity contribution in [2.45, 2.75) is 17.8 Å². The number of benzene rings is 1. The predicted molar refractivity (Wildman–Crippen MR) is 85.7 cm³/mol. The number of rotatable bonds is 4. The third-order valence-corrected chi connectivity index (χ3v) is 4.81. The summed E-state index contributed by atoms with van der Waals surface area (Å²) in [6.45, 7) is 1.15. The Kier molecular flexibility index (Phi) is 7.66. The van der Waals surface area contributed by atoms with Crippen LogP contribution >= 0.6 is 23.4 Å². The molecule has 0 amide bonds. The third kappa shape index (κ3) is 5.37. The first-order valence-corrected chi connectivity index (χ1v) is 7.65. The van der Waals surface area contributed by atoms with E-state index in [4.69, 9.17) is 16.7 Å². The molecule has 3 nitrogen and oxygen atoms in total. The van der Waals surface area contributed by atoms with E-state index in [-0.39, 0.29) is 53.8 Å². The van der Waals surface area contributed by atoms with Gasteiger partial charge in [-0.15, -0.1) is 11.8 Å². The van der Waals surface area contributed by atoms with Crippen LogP contribution in [0.25, 0.3) is 0 Å². The second-order valence-electron chi connectivity index (χ2n) is 4.72. The van der Waals surface area contributed by atoms with Crippen molar-refractivity contribution in [3.8, 4) is 0 Å². The van der Waals surface area contributed by atoms with Gasteiger partial charge < -0.3 is 10.0 Å². The number of aliphatic carboxylic acids is 1. The van der Waals surface area contributed by atoms with Crippen LogP contribution in [-0.2, 0) is 11.0 Å². The summed E-state index contributed by atoms with van der Waals surface area (Å²) in [5, 5.41) is 8.44. The second-order valence-corrected chi connectivity index (χ2v) is 6.42. The zero-order chi connectivity index (χ0) is 15.6. The molecule has 1 aliphatic rings. The molecule has 120 valence electrons. The zero-order valence-electron chi connectivity index (χ0n) is 10.9. The van der Waals surface area contributed by atoms with Gasteiger partial charge in [-0.2, -0.15) is 13.2 Å². The van der Waals surface area contributed by atoms with Gasteiger partial charge in [0.2, 0.25) is 0 Å². The van der Waals surface area contributed by atoms with Gasteiger partial charge >= 0.3 is 49.9 Å². The number of anilines is 1. The number of carboxylic acids is 1. The van der Waals surface area contributed by atoms with Gasteiger partial charge in [0, 0.05) is 24.0 Å². The third-order valence-electron chi connectivity index (χ3n) is 3.21. The molecule has 0 radical (unpaired) electrons. The number of carboxylic acid groups (broad SMARTS) is 1. The van der Waals surface area contributed by atoms with Gasteiger partial charge in [-0.05, 0) is 24.6 Å². The molecule has 0 aliphatic carbocycles. The molecule has 1 atom stereocenters. The molecule has 1 unspecified atom stereocenters. The van der Waals surface area contributed by atoms with Crippen molar-refractivity contribution in [3.05, 3.63) is 28.8 Å². The Bertz CT molecular complexity index is 545. The van der Waals surface area contributed by atoms with E-state index >= 15 is 0 Å². The molecule has 22 heavy (non-hydrogen) atoms. The summed E-state index contributed by atoms with van der Waals surface area (Å²) in [7, 11) is 0. The first kappa shape index (κ1) is 20.2. The fourth-order valence-corrected chi connectivity index (χ4v) is 3.38. The van der Waals surface area contributed by atoms with Crippen LogP contribution in [0.15, 0.2) is 18.2 Å². The fraction of sp³-hybridized carbons (Fsp3) is 0.462. The standard InChI is InChI=1S/C13H13ClF3NO2S.Ca.2H/c14-11-2-1-8(5-10(11)13(15,16)17)18-4-3-9(6-18)21-7-12(19)20;;;/h1-2,5,9H,3-4,6-7H2,(H,19,20);;;. The molecule has 0 aromatic heterocycles. The van der Waals surface area contributed by atoms with Crippen LogP contribution in [0.5, 0.6) is 0 Å². The number of carbonyl (C=O) groups is 1. The van der Waals surface area contributed by atoms with E-state index in [9.17, 15) is 18.0 Å². The van der Waals surface area contributed by atoms with E-state index in [2.05, 4.69) is 0 Å².